The van der Waals surface area contributed by atoms with Gasteiger partial charge >= 0.3 is 0 Å². The SMILES string of the molecule is COC[C@H]1OC[C@H](N(C)C(C)=O)[C@@H](O)[C@H]1O. The molecule has 0 aromatic heterocycles. The summed E-state index contributed by atoms with van der Waals surface area (Å²) in [4.78, 5) is 12.5. The quantitative estimate of drug-likeness (QED) is 0.627. The third-order valence-corrected chi connectivity index (χ3v) is 2.93. The summed E-state index contributed by atoms with van der Waals surface area (Å²) in [6, 6.07) is -0.513. The molecular formula is C10H19NO5. The summed E-state index contributed by atoms with van der Waals surface area (Å²) >= 11 is 0. The van der Waals surface area contributed by atoms with E-state index >= 15 is 0 Å². The van der Waals surface area contributed by atoms with E-state index in [2.05, 4.69) is 0 Å². The Labute approximate surface area is 94.8 Å². The van der Waals surface area contributed by atoms with Crippen LogP contribution in [-0.2, 0) is 14.3 Å². The lowest BCUT2D eigenvalue weighted by atomic mass is 9.97. The summed E-state index contributed by atoms with van der Waals surface area (Å²) in [5.41, 5.74) is 0. The number of nitrogens with zero attached hydrogens (tertiary/aromatic N) is 1. The maximum absolute atomic E-state index is 11.2. The molecule has 0 aromatic carbocycles. The van der Waals surface area contributed by atoms with Crippen molar-refractivity contribution in [3.05, 3.63) is 0 Å². The lowest BCUT2D eigenvalue weighted by Gasteiger charge is -2.41. The molecule has 1 aliphatic rings. The van der Waals surface area contributed by atoms with Crippen LogP contribution in [0.2, 0.25) is 0 Å². The monoisotopic (exact) mass is 233 g/mol. The molecule has 6 heteroatoms. The normalized spacial score (nSPS) is 34.8. The first-order valence-corrected chi connectivity index (χ1v) is 5.19. The first kappa shape index (κ1) is 13.4. The van der Waals surface area contributed by atoms with Crippen LogP contribution in [0.3, 0.4) is 0 Å². The smallest absolute Gasteiger partial charge is 0.219 e. The Hall–Kier alpha value is -0.690. The summed E-state index contributed by atoms with van der Waals surface area (Å²) in [7, 11) is 3.07. The van der Waals surface area contributed by atoms with E-state index in [1.54, 1.807) is 7.05 Å². The van der Waals surface area contributed by atoms with Gasteiger partial charge in [-0.15, -0.1) is 0 Å². The van der Waals surface area contributed by atoms with Gasteiger partial charge in [0.2, 0.25) is 5.91 Å². The van der Waals surface area contributed by atoms with E-state index in [-0.39, 0.29) is 19.1 Å². The topological polar surface area (TPSA) is 79.2 Å². The zero-order valence-electron chi connectivity index (χ0n) is 9.79. The van der Waals surface area contributed by atoms with Crippen molar-refractivity contribution in [2.75, 3.05) is 27.4 Å². The number of aliphatic hydroxyl groups is 2. The molecule has 0 aromatic rings. The minimum absolute atomic E-state index is 0.176. The second-order valence-electron chi connectivity index (χ2n) is 4.01. The second-order valence-corrected chi connectivity index (χ2v) is 4.01. The number of ether oxygens (including phenoxy) is 2. The van der Waals surface area contributed by atoms with Gasteiger partial charge in [-0.3, -0.25) is 4.79 Å². The highest BCUT2D eigenvalue weighted by Gasteiger charge is 2.40. The van der Waals surface area contributed by atoms with E-state index in [4.69, 9.17) is 9.47 Å². The van der Waals surface area contributed by atoms with Crippen LogP contribution in [0.4, 0.5) is 0 Å². The van der Waals surface area contributed by atoms with Crippen molar-refractivity contribution in [3.8, 4) is 0 Å². The van der Waals surface area contributed by atoms with Gasteiger partial charge in [-0.1, -0.05) is 0 Å². The largest absolute Gasteiger partial charge is 0.388 e. The lowest BCUT2D eigenvalue weighted by molar-refractivity contribution is -0.184. The Bertz CT molecular complexity index is 247. The Morgan fingerprint density at radius 3 is 2.62 bits per heavy atom. The first-order chi connectivity index (χ1) is 7.49. The van der Waals surface area contributed by atoms with E-state index in [1.807, 2.05) is 0 Å². The van der Waals surface area contributed by atoms with Crippen LogP contribution in [0.1, 0.15) is 6.92 Å². The lowest BCUT2D eigenvalue weighted by Crippen LogP contribution is -2.60. The highest BCUT2D eigenvalue weighted by molar-refractivity contribution is 5.73. The highest BCUT2D eigenvalue weighted by atomic mass is 16.5. The molecule has 0 bridgehead atoms. The van der Waals surface area contributed by atoms with Crippen LogP contribution in [-0.4, -0.2) is 72.7 Å². The molecule has 0 unspecified atom stereocenters. The zero-order valence-corrected chi connectivity index (χ0v) is 9.79. The molecule has 6 nitrogen and oxygen atoms in total. The van der Waals surface area contributed by atoms with Gasteiger partial charge in [0.25, 0.3) is 0 Å². The molecule has 1 aliphatic heterocycles. The van der Waals surface area contributed by atoms with Crippen LogP contribution in [0.5, 0.6) is 0 Å². The molecule has 94 valence electrons. The van der Waals surface area contributed by atoms with Gasteiger partial charge in [0, 0.05) is 21.1 Å². The van der Waals surface area contributed by atoms with Gasteiger partial charge in [-0.05, 0) is 0 Å². The van der Waals surface area contributed by atoms with E-state index in [0.717, 1.165) is 0 Å². The van der Waals surface area contributed by atoms with Crippen molar-refractivity contribution in [3.63, 3.8) is 0 Å². The molecule has 0 aliphatic carbocycles. The Kier molecular flexibility index (Phi) is 4.67. The third kappa shape index (κ3) is 2.70. The minimum Gasteiger partial charge on any atom is -0.388 e. The number of likely N-dealkylation sites (N-methyl/N-ethyl adjacent to an activating group) is 1. The molecule has 1 rings (SSSR count). The van der Waals surface area contributed by atoms with E-state index in [9.17, 15) is 15.0 Å². The number of aliphatic hydroxyl groups excluding tert-OH is 2. The van der Waals surface area contributed by atoms with Crippen molar-refractivity contribution < 1.29 is 24.5 Å². The third-order valence-electron chi connectivity index (χ3n) is 2.93. The van der Waals surface area contributed by atoms with Gasteiger partial charge in [0.05, 0.1) is 19.3 Å². The fourth-order valence-electron chi connectivity index (χ4n) is 1.75. The van der Waals surface area contributed by atoms with Gasteiger partial charge in [-0.25, -0.2) is 0 Å². The average molecular weight is 233 g/mol. The van der Waals surface area contributed by atoms with Crippen molar-refractivity contribution in [1.29, 1.82) is 0 Å². The van der Waals surface area contributed by atoms with Crippen molar-refractivity contribution in [2.24, 2.45) is 0 Å². The van der Waals surface area contributed by atoms with E-state index in [0.29, 0.717) is 0 Å². The van der Waals surface area contributed by atoms with Gasteiger partial charge in [0.15, 0.2) is 0 Å². The van der Waals surface area contributed by atoms with Crippen molar-refractivity contribution in [1.82, 2.24) is 4.90 Å². The summed E-state index contributed by atoms with van der Waals surface area (Å²) < 4.78 is 10.2. The molecule has 0 radical (unpaired) electrons. The minimum atomic E-state index is -1.04. The number of carbonyl (C=O) groups is 1. The summed E-state index contributed by atoms with van der Waals surface area (Å²) in [6.45, 7) is 1.82. The van der Waals surface area contributed by atoms with Crippen molar-refractivity contribution >= 4 is 5.91 Å². The molecule has 0 spiro atoms. The number of rotatable bonds is 3. The molecule has 1 fully saturated rings. The fourth-order valence-corrected chi connectivity index (χ4v) is 1.75. The van der Waals surface area contributed by atoms with Crippen LogP contribution >= 0.6 is 0 Å². The number of amides is 1. The maximum atomic E-state index is 11.2. The van der Waals surface area contributed by atoms with Crippen LogP contribution in [0.15, 0.2) is 0 Å². The molecule has 0 saturated carbocycles. The van der Waals surface area contributed by atoms with E-state index in [1.165, 1.54) is 18.9 Å². The van der Waals surface area contributed by atoms with Crippen LogP contribution in [0, 0.1) is 0 Å². The molecule has 16 heavy (non-hydrogen) atoms. The predicted molar refractivity (Wildman–Crippen MR) is 55.9 cm³/mol. The Morgan fingerprint density at radius 2 is 2.12 bits per heavy atom. The van der Waals surface area contributed by atoms with Gasteiger partial charge < -0.3 is 24.6 Å². The van der Waals surface area contributed by atoms with Gasteiger partial charge in [-0.2, -0.15) is 0 Å². The zero-order chi connectivity index (χ0) is 12.3. The van der Waals surface area contributed by atoms with E-state index < -0.39 is 24.4 Å². The summed E-state index contributed by atoms with van der Waals surface area (Å²) in [6.07, 6.45) is -2.60. The van der Waals surface area contributed by atoms with Gasteiger partial charge in [0.1, 0.15) is 18.3 Å². The first-order valence-electron chi connectivity index (χ1n) is 5.19. The average Bonchev–Trinajstić information content (AvgIpc) is 2.24. The maximum Gasteiger partial charge on any atom is 0.219 e. The summed E-state index contributed by atoms with van der Waals surface area (Å²) in [5, 5.41) is 19.7. The van der Waals surface area contributed by atoms with Crippen LogP contribution in [0.25, 0.3) is 0 Å². The van der Waals surface area contributed by atoms with Crippen LogP contribution < -0.4 is 0 Å². The second kappa shape index (κ2) is 5.58. The molecule has 4 atom stereocenters. The standard InChI is InChI=1S/C10H19NO5/c1-6(12)11(2)7-4-16-8(5-15-3)10(14)9(7)13/h7-10,13-14H,4-5H2,1-3H3/t7-,8+,9+,10-/m0/s1. The Balaban J connectivity index is 2.64. The number of hydrogen-bond acceptors (Lipinski definition) is 5. The number of hydrogen-bond donors (Lipinski definition) is 2. The fraction of sp³-hybridized carbons (Fsp3) is 0.900. The summed E-state index contributed by atoms with van der Waals surface area (Å²) in [5.74, 6) is -0.176. The number of methoxy groups -OCH3 is 1. The molecule has 1 amide bonds. The number of carbonyl (C=O) groups excluding carboxylic acids is 1. The van der Waals surface area contributed by atoms with Crippen molar-refractivity contribution in [2.45, 2.75) is 31.3 Å². The molecular weight excluding hydrogens is 214 g/mol. The molecule has 1 heterocycles. The Morgan fingerprint density at radius 1 is 1.50 bits per heavy atom. The highest BCUT2D eigenvalue weighted by Crippen LogP contribution is 2.19. The molecule has 1 saturated heterocycles. The predicted octanol–water partition coefficient (Wildman–Crippen LogP) is -1.40. The molecule has 2 N–H and O–H groups in total.